The van der Waals surface area contributed by atoms with Crippen LogP contribution in [0.3, 0.4) is 0 Å². The van der Waals surface area contributed by atoms with Crippen LogP contribution in [0.15, 0.2) is 12.1 Å². The van der Waals surface area contributed by atoms with Crippen molar-refractivity contribution in [3.05, 3.63) is 24.0 Å². The van der Waals surface area contributed by atoms with Crippen LogP contribution in [0.1, 0.15) is 12.8 Å². The minimum Gasteiger partial charge on any atom is -0.469 e. The Hall–Kier alpha value is -1.77. The number of hydrogen-bond acceptors (Lipinski definition) is 5. The fourth-order valence-corrected chi connectivity index (χ4v) is 2.33. The molecule has 19 heavy (non-hydrogen) atoms. The third-order valence-corrected chi connectivity index (χ3v) is 3.46. The Balaban J connectivity index is 2.61. The van der Waals surface area contributed by atoms with E-state index < -0.39 is 33.6 Å². The summed E-state index contributed by atoms with van der Waals surface area (Å²) in [6.07, 6.45) is -0.0419. The molecule has 0 atom stereocenters. The Morgan fingerprint density at radius 3 is 2.68 bits per heavy atom. The Bertz CT molecular complexity index is 563. The van der Waals surface area contributed by atoms with Gasteiger partial charge in [-0.1, -0.05) is 0 Å². The van der Waals surface area contributed by atoms with Crippen molar-refractivity contribution >= 4 is 21.7 Å². The molecule has 9 heteroatoms. The molecule has 0 aliphatic heterocycles. The van der Waals surface area contributed by atoms with E-state index in [-0.39, 0.29) is 18.6 Å². The molecule has 0 saturated carbocycles. The second kappa shape index (κ2) is 6.41. The average Bonchev–Trinajstić information content (AvgIpc) is 2.32. The first-order valence-corrected chi connectivity index (χ1v) is 6.88. The molecule has 0 spiro atoms. The molecular formula is C10H12F2N2O4S. The summed E-state index contributed by atoms with van der Waals surface area (Å²) in [5.41, 5.74) is -0.445. The van der Waals surface area contributed by atoms with Gasteiger partial charge in [0.2, 0.25) is 21.9 Å². The van der Waals surface area contributed by atoms with Crippen LogP contribution in [0.2, 0.25) is 0 Å². The zero-order valence-electron chi connectivity index (χ0n) is 10.0. The third kappa shape index (κ3) is 5.16. The number of pyridine rings is 1. The number of hydrogen-bond donors (Lipinski definition) is 1. The number of rotatable bonds is 6. The van der Waals surface area contributed by atoms with E-state index in [1.54, 1.807) is 0 Å². The molecule has 0 radical (unpaired) electrons. The SMILES string of the molecule is COC(=O)CCCS(=O)(=O)Nc1ccc(F)nc1F. The third-order valence-electron chi connectivity index (χ3n) is 2.10. The van der Waals surface area contributed by atoms with Gasteiger partial charge in [0, 0.05) is 6.42 Å². The van der Waals surface area contributed by atoms with E-state index in [0.717, 1.165) is 12.1 Å². The molecule has 0 fully saturated rings. The van der Waals surface area contributed by atoms with Crippen molar-refractivity contribution in [3.8, 4) is 0 Å². The van der Waals surface area contributed by atoms with Gasteiger partial charge in [-0.2, -0.15) is 13.8 Å². The summed E-state index contributed by atoms with van der Waals surface area (Å²) in [6.45, 7) is 0. The van der Waals surface area contributed by atoms with Gasteiger partial charge in [-0.15, -0.1) is 0 Å². The van der Waals surface area contributed by atoms with Crippen molar-refractivity contribution in [2.24, 2.45) is 0 Å². The van der Waals surface area contributed by atoms with Crippen molar-refractivity contribution in [2.75, 3.05) is 17.6 Å². The smallest absolute Gasteiger partial charge is 0.305 e. The van der Waals surface area contributed by atoms with Gasteiger partial charge < -0.3 is 4.74 Å². The number of esters is 1. The molecule has 1 heterocycles. The minimum absolute atomic E-state index is 0.0260. The Morgan fingerprint density at radius 2 is 2.11 bits per heavy atom. The molecule has 0 unspecified atom stereocenters. The highest BCUT2D eigenvalue weighted by Gasteiger charge is 2.15. The summed E-state index contributed by atoms with van der Waals surface area (Å²) >= 11 is 0. The van der Waals surface area contributed by atoms with Crippen LogP contribution in [-0.2, 0) is 19.6 Å². The van der Waals surface area contributed by atoms with Crippen LogP contribution in [0.4, 0.5) is 14.5 Å². The number of nitrogens with zero attached hydrogens (tertiary/aromatic N) is 1. The fraction of sp³-hybridized carbons (Fsp3) is 0.400. The lowest BCUT2D eigenvalue weighted by Gasteiger charge is -2.07. The Kier molecular flexibility index (Phi) is 5.16. The van der Waals surface area contributed by atoms with Crippen molar-refractivity contribution in [1.29, 1.82) is 0 Å². The summed E-state index contributed by atoms with van der Waals surface area (Å²) < 4.78 is 55.0. The van der Waals surface area contributed by atoms with E-state index in [4.69, 9.17) is 0 Å². The van der Waals surface area contributed by atoms with Gasteiger partial charge in [0.1, 0.15) is 5.69 Å². The number of aromatic nitrogens is 1. The zero-order chi connectivity index (χ0) is 14.5. The number of ether oxygens (including phenoxy) is 1. The summed E-state index contributed by atoms with van der Waals surface area (Å²) in [6, 6.07) is 1.75. The molecule has 1 rings (SSSR count). The van der Waals surface area contributed by atoms with Gasteiger partial charge in [-0.05, 0) is 18.6 Å². The maximum absolute atomic E-state index is 13.1. The zero-order valence-corrected chi connectivity index (χ0v) is 10.8. The predicted octanol–water partition coefficient (Wildman–Crippen LogP) is 1.05. The Morgan fingerprint density at radius 1 is 1.42 bits per heavy atom. The topological polar surface area (TPSA) is 85.4 Å². The van der Waals surface area contributed by atoms with Crippen LogP contribution >= 0.6 is 0 Å². The molecule has 0 aliphatic carbocycles. The second-order valence-corrected chi connectivity index (χ2v) is 5.41. The molecular weight excluding hydrogens is 282 g/mol. The van der Waals surface area contributed by atoms with Crippen molar-refractivity contribution < 1.29 is 26.7 Å². The maximum Gasteiger partial charge on any atom is 0.305 e. The largest absolute Gasteiger partial charge is 0.469 e. The van der Waals surface area contributed by atoms with Crippen molar-refractivity contribution in [1.82, 2.24) is 4.98 Å². The van der Waals surface area contributed by atoms with Crippen LogP contribution in [0.5, 0.6) is 0 Å². The quantitative estimate of drug-likeness (QED) is 0.626. The van der Waals surface area contributed by atoms with Gasteiger partial charge >= 0.3 is 5.97 Å². The molecule has 1 aromatic heterocycles. The summed E-state index contributed by atoms with van der Waals surface area (Å²) in [5, 5.41) is 0. The first kappa shape index (κ1) is 15.3. The number of halogens is 2. The molecule has 6 nitrogen and oxygen atoms in total. The Labute approximate surface area is 108 Å². The first-order valence-electron chi connectivity index (χ1n) is 5.23. The number of sulfonamides is 1. The number of carbonyl (C=O) groups excluding carboxylic acids is 1. The number of carbonyl (C=O) groups is 1. The molecule has 1 N–H and O–H groups in total. The fourth-order valence-electron chi connectivity index (χ4n) is 1.22. The molecule has 1 aromatic rings. The molecule has 0 saturated heterocycles. The van der Waals surface area contributed by atoms with Crippen molar-refractivity contribution in [3.63, 3.8) is 0 Å². The highest BCUT2D eigenvalue weighted by atomic mass is 32.2. The van der Waals surface area contributed by atoms with Gasteiger partial charge in [0.05, 0.1) is 12.9 Å². The van der Waals surface area contributed by atoms with Crippen LogP contribution < -0.4 is 4.72 Å². The van der Waals surface area contributed by atoms with E-state index >= 15 is 0 Å². The van der Waals surface area contributed by atoms with E-state index in [9.17, 15) is 22.0 Å². The molecule has 106 valence electrons. The highest BCUT2D eigenvalue weighted by molar-refractivity contribution is 7.92. The normalized spacial score (nSPS) is 11.1. The van der Waals surface area contributed by atoms with E-state index in [1.165, 1.54) is 7.11 Å². The van der Waals surface area contributed by atoms with E-state index in [1.807, 2.05) is 4.72 Å². The number of anilines is 1. The molecule has 0 amide bonds. The number of nitrogens with one attached hydrogen (secondary N) is 1. The van der Waals surface area contributed by atoms with Crippen molar-refractivity contribution in [2.45, 2.75) is 12.8 Å². The minimum atomic E-state index is -3.83. The monoisotopic (exact) mass is 294 g/mol. The maximum atomic E-state index is 13.1. The summed E-state index contributed by atoms with van der Waals surface area (Å²) in [4.78, 5) is 13.6. The van der Waals surface area contributed by atoms with Gasteiger partial charge in [-0.25, -0.2) is 8.42 Å². The summed E-state index contributed by atoms with van der Waals surface area (Å²) in [7, 11) is -2.64. The van der Waals surface area contributed by atoms with Crippen LogP contribution in [0.25, 0.3) is 0 Å². The van der Waals surface area contributed by atoms with Gasteiger partial charge in [0.15, 0.2) is 0 Å². The standard InChI is InChI=1S/C10H12F2N2O4S/c1-18-9(15)3-2-6-19(16,17)14-7-4-5-8(11)13-10(7)12/h4-5,14H,2-3,6H2,1H3. The lowest BCUT2D eigenvalue weighted by atomic mass is 10.3. The predicted molar refractivity (Wildman–Crippen MR) is 62.8 cm³/mol. The molecule has 0 bridgehead atoms. The van der Waals surface area contributed by atoms with E-state index in [0.29, 0.717) is 0 Å². The van der Waals surface area contributed by atoms with Crippen LogP contribution in [0, 0.1) is 11.9 Å². The first-order chi connectivity index (χ1) is 8.84. The lowest BCUT2D eigenvalue weighted by molar-refractivity contribution is -0.140. The average molecular weight is 294 g/mol. The number of methoxy groups -OCH3 is 1. The van der Waals surface area contributed by atoms with Gasteiger partial charge in [-0.3, -0.25) is 9.52 Å². The summed E-state index contributed by atoms with van der Waals surface area (Å²) in [5.74, 6) is -3.23. The van der Waals surface area contributed by atoms with Crippen LogP contribution in [-0.4, -0.2) is 32.2 Å². The van der Waals surface area contributed by atoms with E-state index in [2.05, 4.69) is 9.72 Å². The lowest BCUT2D eigenvalue weighted by Crippen LogP contribution is -2.18. The molecule has 0 aliphatic rings. The molecule has 0 aromatic carbocycles. The highest BCUT2D eigenvalue weighted by Crippen LogP contribution is 2.14. The van der Waals surface area contributed by atoms with Gasteiger partial charge in [0.25, 0.3) is 0 Å². The second-order valence-electron chi connectivity index (χ2n) is 3.57.